The van der Waals surface area contributed by atoms with Crippen LogP contribution in [0.1, 0.15) is 31.2 Å². The number of halogens is 3. The van der Waals surface area contributed by atoms with Gasteiger partial charge in [0.15, 0.2) is 0 Å². The molecule has 2 nitrogen and oxygen atoms in total. The number of hydrogen-bond acceptors (Lipinski definition) is 2. The fourth-order valence-electron chi connectivity index (χ4n) is 2.63. The summed E-state index contributed by atoms with van der Waals surface area (Å²) in [4.78, 5) is 0. The van der Waals surface area contributed by atoms with Gasteiger partial charge in [0.1, 0.15) is 0 Å². The maximum Gasteiger partial charge on any atom is 0.418 e. The summed E-state index contributed by atoms with van der Waals surface area (Å²) in [7, 11) is 0. The van der Waals surface area contributed by atoms with Gasteiger partial charge in [0.25, 0.3) is 0 Å². The lowest BCUT2D eigenvalue weighted by molar-refractivity contribution is -0.136. The highest BCUT2D eigenvalue weighted by Crippen LogP contribution is 2.47. The van der Waals surface area contributed by atoms with E-state index in [9.17, 15) is 13.2 Å². The van der Waals surface area contributed by atoms with Crippen molar-refractivity contribution in [2.24, 2.45) is 11.8 Å². The van der Waals surface area contributed by atoms with E-state index in [1.165, 1.54) is 12.1 Å². The van der Waals surface area contributed by atoms with Gasteiger partial charge in [-0.1, -0.05) is 0 Å². The lowest BCUT2D eigenvalue weighted by Crippen LogP contribution is -2.26. The summed E-state index contributed by atoms with van der Waals surface area (Å²) in [6.45, 7) is 0. The predicted molar refractivity (Wildman–Crippen MR) is 68.7 cm³/mol. The van der Waals surface area contributed by atoms with Crippen LogP contribution in [0, 0.1) is 11.8 Å². The van der Waals surface area contributed by atoms with E-state index in [1.54, 1.807) is 0 Å². The van der Waals surface area contributed by atoms with Crippen molar-refractivity contribution in [1.82, 2.24) is 0 Å². The van der Waals surface area contributed by atoms with E-state index in [0.29, 0.717) is 11.8 Å². The minimum Gasteiger partial charge on any atom is -0.399 e. The lowest BCUT2D eigenvalue weighted by atomic mass is 10.0. The summed E-state index contributed by atoms with van der Waals surface area (Å²) < 4.78 is 39.1. The Balaban J connectivity index is 1.86. The number of rotatable bonds is 4. The molecule has 2 saturated carbocycles. The minimum atomic E-state index is -4.37. The highest BCUT2D eigenvalue weighted by Gasteiger charge is 2.42. The Hall–Kier alpha value is -1.39. The van der Waals surface area contributed by atoms with E-state index in [2.05, 4.69) is 5.32 Å². The van der Waals surface area contributed by atoms with Crippen LogP contribution in [0.2, 0.25) is 0 Å². The van der Waals surface area contributed by atoms with Crippen molar-refractivity contribution >= 4 is 11.4 Å². The van der Waals surface area contributed by atoms with E-state index in [1.807, 2.05) is 0 Å². The Kier molecular flexibility index (Phi) is 2.87. The van der Waals surface area contributed by atoms with E-state index in [0.717, 1.165) is 31.7 Å². The second-order valence-electron chi connectivity index (χ2n) is 5.65. The van der Waals surface area contributed by atoms with Crippen LogP contribution in [0.4, 0.5) is 24.5 Å². The number of benzene rings is 1. The molecule has 2 fully saturated rings. The minimum absolute atomic E-state index is 0.146. The number of nitrogens with one attached hydrogen (secondary N) is 1. The quantitative estimate of drug-likeness (QED) is 0.815. The largest absolute Gasteiger partial charge is 0.418 e. The highest BCUT2D eigenvalue weighted by atomic mass is 19.4. The molecular weight excluding hydrogens is 253 g/mol. The fourth-order valence-corrected chi connectivity index (χ4v) is 2.63. The smallest absolute Gasteiger partial charge is 0.399 e. The predicted octanol–water partition coefficient (Wildman–Crippen LogP) is 3.89. The van der Waals surface area contributed by atoms with Gasteiger partial charge in [-0.15, -0.1) is 0 Å². The lowest BCUT2D eigenvalue weighted by Gasteiger charge is -2.22. The third kappa shape index (κ3) is 2.80. The van der Waals surface area contributed by atoms with Crippen LogP contribution in [-0.2, 0) is 6.18 Å². The third-order valence-electron chi connectivity index (χ3n) is 3.93. The van der Waals surface area contributed by atoms with E-state index in [4.69, 9.17) is 5.73 Å². The first-order valence-electron chi connectivity index (χ1n) is 6.68. The van der Waals surface area contributed by atoms with E-state index in [-0.39, 0.29) is 17.4 Å². The Bertz CT molecular complexity index is 464. The average Bonchev–Trinajstić information content (AvgIpc) is 3.19. The first kappa shape index (κ1) is 12.6. The first-order chi connectivity index (χ1) is 8.95. The van der Waals surface area contributed by atoms with Crippen LogP contribution in [0.25, 0.3) is 0 Å². The number of alkyl halides is 3. The molecule has 0 spiro atoms. The third-order valence-corrected chi connectivity index (χ3v) is 3.93. The van der Waals surface area contributed by atoms with Gasteiger partial charge in [0.2, 0.25) is 0 Å². The van der Waals surface area contributed by atoms with Crippen LogP contribution in [0.5, 0.6) is 0 Å². The average molecular weight is 270 g/mol. The molecule has 0 heterocycles. The maximum atomic E-state index is 13.0. The van der Waals surface area contributed by atoms with Gasteiger partial charge < -0.3 is 11.1 Å². The molecule has 2 aliphatic rings. The van der Waals surface area contributed by atoms with Gasteiger partial charge in [-0.05, 0) is 55.7 Å². The van der Waals surface area contributed by atoms with Crippen molar-refractivity contribution in [3.8, 4) is 0 Å². The zero-order valence-corrected chi connectivity index (χ0v) is 10.5. The fraction of sp³-hybridized carbons (Fsp3) is 0.571. The topological polar surface area (TPSA) is 38.0 Å². The molecule has 0 unspecified atom stereocenters. The Morgan fingerprint density at radius 3 is 2.16 bits per heavy atom. The monoisotopic (exact) mass is 270 g/mol. The van der Waals surface area contributed by atoms with Crippen LogP contribution < -0.4 is 11.1 Å². The second-order valence-corrected chi connectivity index (χ2v) is 5.65. The molecule has 0 radical (unpaired) electrons. The Morgan fingerprint density at radius 1 is 1.11 bits per heavy atom. The van der Waals surface area contributed by atoms with Crippen LogP contribution in [-0.4, -0.2) is 6.04 Å². The maximum absolute atomic E-state index is 13.0. The molecule has 19 heavy (non-hydrogen) atoms. The van der Waals surface area contributed by atoms with Crippen molar-refractivity contribution in [2.75, 3.05) is 11.1 Å². The van der Waals surface area contributed by atoms with Gasteiger partial charge in [0.05, 0.1) is 5.56 Å². The first-order valence-corrected chi connectivity index (χ1v) is 6.68. The molecule has 0 amide bonds. The van der Waals surface area contributed by atoms with Gasteiger partial charge >= 0.3 is 6.18 Å². The molecule has 0 aromatic heterocycles. The van der Waals surface area contributed by atoms with Crippen molar-refractivity contribution in [3.63, 3.8) is 0 Å². The summed E-state index contributed by atoms with van der Waals surface area (Å²) in [5.74, 6) is 1.09. The van der Waals surface area contributed by atoms with E-state index < -0.39 is 11.7 Å². The summed E-state index contributed by atoms with van der Waals surface area (Å²) >= 11 is 0. The number of anilines is 2. The standard InChI is InChI=1S/C14H17F3N2/c15-14(16,17)11-7-10(18)5-6-12(11)19-13(8-1-2-8)9-3-4-9/h5-9,13,19H,1-4,18H2. The van der Waals surface area contributed by atoms with Gasteiger partial charge in [0, 0.05) is 17.4 Å². The molecule has 1 aromatic carbocycles. The van der Waals surface area contributed by atoms with Gasteiger partial charge in [-0.3, -0.25) is 0 Å². The molecule has 3 rings (SSSR count). The van der Waals surface area contributed by atoms with Crippen molar-refractivity contribution in [3.05, 3.63) is 23.8 Å². The molecule has 0 bridgehead atoms. The Labute approximate surface area is 110 Å². The molecule has 3 N–H and O–H groups in total. The molecular formula is C14H17F3N2. The summed E-state index contributed by atoms with van der Waals surface area (Å²) in [6, 6.07) is 4.19. The summed E-state index contributed by atoms with van der Waals surface area (Å²) in [6.07, 6.45) is 0.152. The zero-order valence-electron chi connectivity index (χ0n) is 10.5. The molecule has 0 aliphatic heterocycles. The zero-order chi connectivity index (χ0) is 13.6. The highest BCUT2D eigenvalue weighted by molar-refractivity contribution is 5.60. The summed E-state index contributed by atoms with van der Waals surface area (Å²) in [5.41, 5.74) is 5.13. The second kappa shape index (κ2) is 4.32. The summed E-state index contributed by atoms with van der Waals surface area (Å²) in [5, 5.41) is 3.13. The Morgan fingerprint density at radius 2 is 1.68 bits per heavy atom. The number of nitrogen functional groups attached to an aromatic ring is 1. The van der Waals surface area contributed by atoms with Gasteiger partial charge in [-0.2, -0.15) is 13.2 Å². The van der Waals surface area contributed by atoms with Crippen molar-refractivity contribution in [1.29, 1.82) is 0 Å². The van der Waals surface area contributed by atoms with Crippen LogP contribution in [0.3, 0.4) is 0 Å². The normalized spacial score (nSPS) is 19.8. The molecule has 0 saturated heterocycles. The molecule has 104 valence electrons. The molecule has 2 aliphatic carbocycles. The van der Waals surface area contributed by atoms with E-state index >= 15 is 0 Å². The molecule has 1 aromatic rings. The van der Waals surface area contributed by atoms with Crippen LogP contribution in [0.15, 0.2) is 18.2 Å². The SMILES string of the molecule is Nc1ccc(NC(C2CC2)C2CC2)c(C(F)(F)F)c1. The van der Waals surface area contributed by atoms with Crippen LogP contribution >= 0.6 is 0 Å². The number of nitrogens with two attached hydrogens (primary N) is 1. The number of hydrogen-bond donors (Lipinski definition) is 2. The molecule has 0 atom stereocenters. The van der Waals surface area contributed by atoms with Crippen molar-refractivity contribution < 1.29 is 13.2 Å². The van der Waals surface area contributed by atoms with Gasteiger partial charge in [-0.25, -0.2) is 0 Å². The molecule has 5 heteroatoms. The van der Waals surface area contributed by atoms with Crippen molar-refractivity contribution in [2.45, 2.75) is 37.9 Å².